The van der Waals surface area contributed by atoms with E-state index in [1.54, 1.807) is 6.21 Å². The molecule has 0 spiro atoms. The van der Waals surface area contributed by atoms with Crippen LogP contribution in [0.1, 0.15) is 32.3 Å². The molecular formula is C28H31NO. The van der Waals surface area contributed by atoms with E-state index in [-0.39, 0.29) is 5.78 Å². The predicted molar refractivity (Wildman–Crippen MR) is 130 cm³/mol. The van der Waals surface area contributed by atoms with Crippen LogP contribution < -0.4 is 0 Å². The molecule has 0 bridgehead atoms. The Morgan fingerprint density at radius 1 is 0.933 bits per heavy atom. The maximum absolute atomic E-state index is 12.6. The monoisotopic (exact) mass is 397 g/mol. The second-order valence-corrected chi connectivity index (χ2v) is 7.14. The predicted octanol–water partition coefficient (Wildman–Crippen LogP) is 6.95. The summed E-state index contributed by atoms with van der Waals surface area (Å²) in [6, 6.07) is 18.9. The summed E-state index contributed by atoms with van der Waals surface area (Å²) in [5.74, 6) is 0.152. The zero-order valence-corrected chi connectivity index (χ0v) is 18.1. The van der Waals surface area contributed by atoms with E-state index in [4.69, 9.17) is 0 Å². The molecule has 0 atom stereocenters. The highest BCUT2D eigenvalue weighted by molar-refractivity contribution is 5.98. The number of rotatable bonds is 11. The number of hydrogen-bond donors (Lipinski definition) is 0. The number of carbonyl (C=O) groups is 1. The second kappa shape index (κ2) is 12.3. The van der Waals surface area contributed by atoms with Crippen molar-refractivity contribution in [2.75, 3.05) is 6.54 Å². The Kier molecular flexibility index (Phi) is 9.47. The third kappa shape index (κ3) is 7.29. The van der Waals surface area contributed by atoms with Gasteiger partial charge >= 0.3 is 0 Å². The molecule has 0 aliphatic heterocycles. The first-order valence-electron chi connectivity index (χ1n) is 10.4. The lowest BCUT2D eigenvalue weighted by atomic mass is 9.99. The van der Waals surface area contributed by atoms with Gasteiger partial charge in [-0.05, 0) is 60.7 Å². The van der Waals surface area contributed by atoms with E-state index in [1.807, 2.05) is 50.3 Å². The van der Waals surface area contributed by atoms with E-state index in [0.29, 0.717) is 18.5 Å². The number of nitrogens with zero attached hydrogens (tertiary/aromatic N) is 1. The first kappa shape index (κ1) is 23.0. The van der Waals surface area contributed by atoms with Crippen LogP contribution in [0.15, 0.2) is 108 Å². The van der Waals surface area contributed by atoms with Crippen molar-refractivity contribution >= 4 is 12.0 Å². The van der Waals surface area contributed by atoms with Crippen LogP contribution in [0.25, 0.3) is 11.1 Å². The van der Waals surface area contributed by atoms with E-state index < -0.39 is 0 Å². The maximum Gasteiger partial charge on any atom is 0.162 e. The molecule has 0 amide bonds. The smallest absolute Gasteiger partial charge is 0.162 e. The lowest BCUT2D eigenvalue weighted by molar-refractivity contribution is -0.115. The van der Waals surface area contributed by atoms with E-state index in [2.05, 4.69) is 54.5 Å². The molecule has 0 aromatic heterocycles. The summed E-state index contributed by atoms with van der Waals surface area (Å²) < 4.78 is 0. The molecule has 2 rings (SSSR count). The summed E-state index contributed by atoms with van der Waals surface area (Å²) >= 11 is 0. The van der Waals surface area contributed by atoms with Crippen molar-refractivity contribution in [1.29, 1.82) is 0 Å². The van der Waals surface area contributed by atoms with Crippen molar-refractivity contribution in [2.24, 2.45) is 4.99 Å². The average molecular weight is 398 g/mol. The number of ketones is 1. The molecule has 0 heterocycles. The number of aliphatic imine (C=N–C) groups is 1. The molecule has 0 fully saturated rings. The van der Waals surface area contributed by atoms with Gasteiger partial charge in [-0.2, -0.15) is 0 Å². The molecular weight excluding hydrogens is 366 g/mol. The van der Waals surface area contributed by atoms with Gasteiger partial charge in [-0.25, -0.2) is 0 Å². The van der Waals surface area contributed by atoms with Crippen LogP contribution in [0.3, 0.4) is 0 Å². The normalized spacial score (nSPS) is 11.9. The molecule has 2 nitrogen and oxygen atoms in total. The Morgan fingerprint density at radius 2 is 1.60 bits per heavy atom. The van der Waals surface area contributed by atoms with Crippen molar-refractivity contribution in [3.05, 3.63) is 108 Å². The highest BCUT2D eigenvalue weighted by atomic mass is 16.1. The average Bonchev–Trinajstić information content (AvgIpc) is 2.78. The molecule has 2 heteroatoms. The third-order valence-corrected chi connectivity index (χ3v) is 4.95. The third-order valence-electron chi connectivity index (χ3n) is 4.95. The van der Waals surface area contributed by atoms with Gasteiger partial charge in [0.25, 0.3) is 0 Å². The van der Waals surface area contributed by atoms with E-state index >= 15 is 0 Å². The van der Waals surface area contributed by atoms with Crippen LogP contribution in [-0.4, -0.2) is 18.5 Å². The highest BCUT2D eigenvalue weighted by Crippen LogP contribution is 2.20. The van der Waals surface area contributed by atoms with Gasteiger partial charge in [0.1, 0.15) is 0 Å². The first-order chi connectivity index (χ1) is 14.5. The van der Waals surface area contributed by atoms with Gasteiger partial charge in [-0.3, -0.25) is 9.79 Å². The summed E-state index contributed by atoms with van der Waals surface area (Å²) in [4.78, 5) is 16.7. The minimum Gasteiger partial charge on any atom is -0.294 e. The highest BCUT2D eigenvalue weighted by Gasteiger charge is 2.07. The zero-order chi connectivity index (χ0) is 21.8. The standard InChI is InChI=1S/C28H31NO/c1-5-25(18-15-22(3)23(4)21-29-6-2)28(30)14-10-11-24-16-19-27(20-17-24)26-12-8-7-9-13-26/h5-9,12-13,15-20H,3-4,10-11,14,21H2,1-2H3/b18-15-,25-5+,29-6?. The summed E-state index contributed by atoms with van der Waals surface area (Å²) in [7, 11) is 0. The second-order valence-electron chi connectivity index (χ2n) is 7.14. The molecule has 0 N–H and O–H groups in total. The fraction of sp³-hybridized carbons (Fsp3) is 0.214. The van der Waals surface area contributed by atoms with Gasteiger partial charge in [0.15, 0.2) is 5.78 Å². The number of aryl methyl sites for hydroxylation is 1. The van der Waals surface area contributed by atoms with Gasteiger partial charge in [-0.15, -0.1) is 0 Å². The molecule has 2 aromatic rings. The topological polar surface area (TPSA) is 29.4 Å². The van der Waals surface area contributed by atoms with Gasteiger partial charge < -0.3 is 0 Å². The van der Waals surface area contributed by atoms with E-state index in [0.717, 1.165) is 24.0 Å². The molecule has 2 aromatic carbocycles. The Bertz CT molecular complexity index is 944. The Morgan fingerprint density at radius 3 is 2.23 bits per heavy atom. The summed E-state index contributed by atoms with van der Waals surface area (Å²) in [5.41, 5.74) is 6.04. The van der Waals surface area contributed by atoms with Crippen LogP contribution in [0.5, 0.6) is 0 Å². The Hall–Kier alpha value is -3.26. The number of allylic oxidation sites excluding steroid dienone is 4. The molecule has 30 heavy (non-hydrogen) atoms. The fourth-order valence-electron chi connectivity index (χ4n) is 3.05. The van der Waals surface area contributed by atoms with Gasteiger partial charge in [0.05, 0.1) is 6.54 Å². The van der Waals surface area contributed by atoms with Crippen molar-refractivity contribution in [3.8, 4) is 11.1 Å². The number of hydrogen-bond acceptors (Lipinski definition) is 2. The maximum atomic E-state index is 12.6. The number of benzene rings is 2. The zero-order valence-electron chi connectivity index (χ0n) is 18.1. The van der Waals surface area contributed by atoms with Crippen LogP contribution in [0.2, 0.25) is 0 Å². The summed E-state index contributed by atoms with van der Waals surface area (Å²) in [6.45, 7) is 12.3. The summed E-state index contributed by atoms with van der Waals surface area (Å²) in [5, 5.41) is 0. The molecule has 0 radical (unpaired) electrons. The minimum atomic E-state index is 0.152. The SMILES string of the molecule is C=C(/C=C\C(=C/C)C(=O)CCCc1ccc(-c2ccccc2)cc1)C(=C)CN=CC. The first-order valence-corrected chi connectivity index (χ1v) is 10.4. The molecule has 0 saturated carbocycles. The molecule has 154 valence electrons. The largest absolute Gasteiger partial charge is 0.294 e. The lowest BCUT2D eigenvalue weighted by Gasteiger charge is -2.06. The van der Waals surface area contributed by atoms with Crippen LogP contribution >= 0.6 is 0 Å². The van der Waals surface area contributed by atoms with Crippen molar-refractivity contribution in [2.45, 2.75) is 33.1 Å². The molecule has 0 aliphatic carbocycles. The Balaban J connectivity index is 1.84. The quantitative estimate of drug-likeness (QED) is 0.229. The van der Waals surface area contributed by atoms with Gasteiger partial charge in [-0.1, -0.05) is 86.0 Å². The molecule has 0 unspecified atom stereocenters. The number of carbonyl (C=O) groups excluding carboxylic acids is 1. The van der Waals surface area contributed by atoms with Crippen molar-refractivity contribution < 1.29 is 4.79 Å². The van der Waals surface area contributed by atoms with Gasteiger partial charge in [0.2, 0.25) is 0 Å². The lowest BCUT2D eigenvalue weighted by Crippen LogP contribution is -2.01. The van der Waals surface area contributed by atoms with E-state index in [9.17, 15) is 4.79 Å². The van der Waals surface area contributed by atoms with Crippen LogP contribution in [-0.2, 0) is 11.2 Å². The van der Waals surface area contributed by atoms with Crippen LogP contribution in [0, 0.1) is 0 Å². The van der Waals surface area contributed by atoms with Crippen LogP contribution in [0.4, 0.5) is 0 Å². The summed E-state index contributed by atoms with van der Waals surface area (Å²) in [6.07, 6.45) is 9.53. The molecule has 0 saturated heterocycles. The fourth-order valence-corrected chi connectivity index (χ4v) is 3.05. The molecule has 0 aliphatic rings. The number of Topliss-reactive ketones (excluding diaryl/α,β-unsaturated/α-hetero) is 1. The van der Waals surface area contributed by atoms with Crippen molar-refractivity contribution in [3.63, 3.8) is 0 Å². The Labute approximate surface area is 181 Å². The van der Waals surface area contributed by atoms with E-state index in [1.165, 1.54) is 16.7 Å². The minimum absolute atomic E-state index is 0.152. The van der Waals surface area contributed by atoms with Crippen molar-refractivity contribution in [1.82, 2.24) is 0 Å². The van der Waals surface area contributed by atoms with Gasteiger partial charge in [0, 0.05) is 12.0 Å².